The second-order valence-electron chi connectivity index (χ2n) is 6.35. The Kier molecular flexibility index (Phi) is 4.89. The first-order chi connectivity index (χ1) is 9.10. The van der Waals surface area contributed by atoms with Gasteiger partial charge in [0.15, 0.2) is 0 Å². The van der Waals surface area contributed by atoms with Gasteiger partial charge < -0.3 is 9.88 Å². The Morgan fingerprint density at radius 3 is 2.68 bits per heavy atom. The summed E-state index contributed by atoms with van der Waals surface area (Å²) >= 11 is 0. The van der Waals surface area contributed by atoms with Gasteiger partial charge in [-0.2, -0.15) is 0 Å². The fraction of sp³-hybridized carbons (Fsp3) is 0.812. The first-order valence-electron chi connectivity index (χ1n) is 7.92. The molecule has 2 atom stereocenters. The monoisotopic (exact) mass is 263 g/mol. The van der Waals surface area contributed by atoms with Crippen LogP contribution < -0.4 is 5.32 Å². The van der Waals surface area contributed by atoms with Gasteiger partial charge in [-0.05, 0) is 39.0 Å². The van der Waals surface area contributed by atoms with Crippen molar-refractivity contribution < 1.29 is 0 Å². The van der Waals surface area contributed by atoms with Crippen LogP contribution in [0, 0.1) is 12.8 Å². The molecule has 2 rings (SSSR count). The summed E-state index contributed by atoms with van der Waals surface area (Å²) in [5.41, 5.74) is 1.13. The lowest BCUT2D eigenvalue weighted by Crippen LogP contribution is -2.21. The number of hydrogen-bond donors (Lipinski definition) is 1. The lowest BCUT2D eigenvalue weighted by molar-refractivity contribution is 0.475. The van der Waals surface area contributed by atoms with Crippen LogP contribution in [0.15, 0.2) is 6.20 Å². The largest absolute Gasteiger partial charge is 0.353 e. The molecule has 1 fully saturated rings. The lowest BCUT2D eigenvalue weighted by atomic mass is 10.0. The zero-order chi connectivity index (χ0) is 13.8. The summed E-state index contributed by atoms with van der Waals surface area (Å²) in [7, 11) is 0. The molecule has 3 heteroatoms. The van der Waals surface area contributed by atoms with Gasteiger partial charge in [-0.1, -0.05) is 33.1 Å². The van der Waals surface area contributed by atoms with Crippen LogP contribution in [-0.4, -0.2) is 15.6 Å². The molecule has 0 radical (unpaired) electrons. The van der Waals surface area contributed by atoms with E-state index in [0.717, 1.165) is 17.6 Å². The van der Waals surface area contributed by atoms with Gasteiger partial charge in [0.1, 0.15) is 0 Å². The molecule has 1 heterocycles. The third-order valence-electron chi connectivity index (χ3n) is 4.40. The minimum absolute atomic E-state index is 0.497. The SMILES string of the molecule is CCC(C)CC(C)Nc1nc(C)cn1C1CCCC1. The number of nitrogens with zero attached hydrogens (tertiary/aromatic N) is 2. The second-order valence-corrected chi connectivity index (χ2v) is 6.35. The quantitative estimate of drug-likeness (QED) is 0.816. The van der Waals surface area contributed by atoms with Crippen molar-refractivity contribution in [3.8, 4) is 0 Å². The smallest absolute Gasteiger partial charge is 0.203 e. The van der Waals surface area contributed by atoms with Gasteiger partial charge in [0, 0.05) is 18.3 Å². The van der Waals surface area contributed by atoms with Gasteiger partial charge in [0.25, 0.3) is 0 Å². The Labute approximate surface area is 117 Å². The first kappa shape index (κ1) is 14.4. The molecule has 3 nitrogen and oxygen atoms in total. The summed E-state index contributed by atoms with van der Waals surface area (Å²) in [6, 6.07) is 1.16. The van der Waals surface area contributed by atoms with Crippen molar-refractivity contribution in [2.75, 3.05) is 5.32 Å². The zero-order valence-electron chi connectivity index (χ0n) is 12.9. The second kappa shape index (κ2) is 6.44. The molecule has 1 aliphatic carbocycles. The number of anilines is 1. The van der Waals surface area contributed by atoms with Gasteiger partial charge in [0.05, 0.1) is 5.69 Å². The predicted molar refractivity (Wildman–Crippen MR) is 81.6 cm³/mol. The lowest BCUT2D eigenvalue weighted by Gasteiger charge is -2.21. The Morgan fingerprint density at radius 2 is 2.05 bits per heavy atom. The highest BCUT2D eigenvalue weighted by molar-refractivity contribution is 5.31. The Hall–Kier alpha value is -0.990. The third kappa shape index (κ3) is 3.74. The van der Waals surface area contributed by atoms with Gasteiger partial charge >= 0.3 is 0 Å². The first-order valence-corrected chi connectivity index (χ1v) is 7.92. The van der Waals surface area contributed by atoms with Crippen molar-refractivity contribution in [1.29, 1.82) is 0 Å². The molecule has 0 bridgehead atoms. The molecule has 0 amide bonds. The Bertz CT molecular complexity index is 391. The standard InChI is InChI=1S/C16H29N3/c1-5-12(2)10-13(3)17-16-18-14(4)11-19(16)15-8-6-7-9-15/h11-13,15H,5-10H2,1-4H3,(H,17,18). The number of aromatic nitrogens is 2. The average Bonchev–Trinajstić information content (AvgIpc) is 2.98. The van der Waals surface area contributed by atoms with Crippen molar-refractivity contribution in [3.05, 3.63) is 11.9 Å². The van der Waals surface area contributed by atoms with Crippen molar-refractivity contribution in [2.24, 2.45) is 5.92 Å². The zero-order valence-corrected chi connectivity index (χ0v) is 12.9. The summed E-state index contributed by atoms with van der Waals surface area (Å²) in [4.78, 5) is 4.68. The van der Waals surface area contributed by atoms with Crippen LogP contribution in [0.25, 0.3) is 0 Å². The van der Waals surface area contributed by atoms with E-state index in [1.165, 1.54) is 38.5 Å². The minimum Gasteiger partial charge on any atom is -0.353 e. The van der Waals surface area contributed by atoms with Gasteiger partial charge in [-0.15, -0.1) is 0 Å². The molecule has 1 aromatic heterocycles. The molecule has 1 aliphatic rings. The van der Waals surface area contributed by atoms with E-state index in [0.29, 0.717) is 12.1 Å². The van der Waals surface area contributed by atoms with Crippen LogP contribution in [0.1, 0.15) is 71.0 Å². The summed E-state index contributed by atoms with van der Waals surface area (Å²) in [5, 5.41) is 3.63. The molecule has 2 unspecified atom stereocenters. The topological polar surface area (TPSA) is 29.9 Å². The molecule has 1 aromatic rings. The number of aryl methyl sites for hydroxylation is 1. The van der Waals surface area contributed by atoms with Crippen molar-refractivity contribution >= 4 is 5.95 Å². The van der Waals surface area contributed by atoms with Crippen LogP contribution in [0.2, 0.25) is 0 Å². The maximum Gasteiger partial charge on any atom is 0.203 e. The van der Waals surface area contributed by atoms with E-state index in [-0.39, 0.29) is 0 Å². The minimum atomic E-state index is 0.497. The molecular weight excluding hydrogens is 234 g/mol. The normalized spacial score (nSPS) is 19.6. The highest BCUT2D eigenvalue weighted by Gasteiger charge is 2.21. The Balaban J connectivity index is 2.02. The van der Waals surface area contributed by atoms with Gasteiger partial charge in [-0.3, -0.25) is 0 Å². The van der Waals surface area contributed by atoms with Crippen LogP contribution in [-0.2, 0) is 0 Å². The van der Waals surface area contributed by atoms with Crippen LogP contribution in [0.3, 0.4) is 0 Å². The van der Waals surface area contributed by atoms with Crippen molar-refractivity contribution in [3.63, 3.8) is 0 Å². The number of imidazole rings is 1. The van der Waals surface area contributed by atoms with Crippen molar-refractivity contribution in [1.82, 2.24) is 9.55 Å². The molecule has 1 saturated carbocycles. The number of hydrogen-bond acceptors (Lipinski definition) is 2. The fourth-order valence-corrected chi connectivity index (χ4v) is 3.13. The summed E-state index contributed by atoms with van der Waals surface area (Å²) in [5.74, 6) is 1.86. The summed E-state index contributed by atoms with van der Waals surface area (Å²) < 4.78 is 2.38. The molecular formula is C16H29N3. The Morgan fingerprint density at radius 1 is 1.37 bits per heavy atom. The molecule has 19 heavy (non-hydrogen) atoms. The van der Waals surface area contributed by atoms with E-state index in [4.69, 9.17) is 0 Å². The maximum absolute atomic E-state index is 4.68. The highest BCUT2D eigenvalue weighted by atomic mass is 15.2. The molecule has 0 spiro atoms. The van der Waals surface area contributed by atoms with E-state index < -0.39 is 0 Å². The van der Waals surface area contributed by atoms with E-state index in [1.807, 2.05) is 0 Å². The average molecular weight is 263 g/mol. The van der Waals surface area contributed by atoms with E-state index >= 15 is 0 Å². The predicted octanol–water partition coefficient (Wildman–Crippen LogP) is 4.54. The number of rotatable bonds is 6. The summed E-state index contributed by atoms with van der Waals surface area (Å²) in [6.07, 6.45) is 10.0. The molecule has 108 valence electrons. The molecule has 0 aromatic carbocycles. The molecule has 0 saturated heterocycles. The highest BCUT2D eigenvalue weighted by Crippen LogP contribution is 2.32. The van der Waals surface area contributed by atoms with Gasteiger partial charge in [0.2, 0.25) is 5.95 Å². The molecule has 1 N–H and O–H groups in total. The van der Waals surface area contributed by atoms with E-state index in [1.54, 1.807) is 0 Å². The van der Waals surface area contributed by atoms with E-state index in [9.17, 15) is 0 Å². The van der Waals surface area contributed by atoms with Crippen molar-refractivity contribution in [2.45, 2.75) is 78.3 Å². The maximum atomic E-state index is 4.68. The van der Waals surface area contributed by atoms with Crippen LogP contribution in [0.5, 0.6) is 0 Å². The third-order valence-corrected chi connectivity index (χ3v) is 4.40. The summed E-state index contributed by atoms with van der Waals surface area (Å²) in [6.45, 7) is 8.96. The van der Waals surface area contributed by atoms with Gasteiger partial charge in [-0.25, -0.2) is 4.98 Å². The van der Waals surface area contributed by atoms with Crippen LogP contribution in [0.4, 0.5) is 5.95 Å². The number of nitrogens with one attached hydrogen (secondary N) is 1. The fourth-order valence-electron chi connectivity index (χ4n) is 3.13. The van der Waals surface area contributed by atoms with E-state index in [2.05, 4.69) is 48.8 Å². The molecule has 0 aliphatic heterocycles. The van der Waals surface area contributed by atoms with Crippen LogP contribution >= 0.6 is 0 Å².